The second-order valence-corrected chi connectivity index (χ2v) is 13.4. The summed E-state index contributed by atoms with van der Waals surface area (Å²) in [6, 6.07) is 7.29. The molecule has 298 valence electrons. The van der Waals surface area contributed by atoms with E-state index < -0.39 is 103 Å². The Labute approximate surface area is 322 Å². The van der Waals surface area contributed by atoms with E-state index in [1.54, 1.807) is 0 Å². The maximum absolute atomic E-state index is 13.6. The van der Waals surface area contributed by atoms with Crippen LogP contribution in [0.25, 0.3) is 0 Å². The lowest BCUT2D eigenvalue weighted by atomic mass is 9.77. The van der Waals surface area contributed by atoms with Crippen LogP contribution in [0.15, 0.2) is 54.6 Å². The van der Waals surface area contributed by atoms with Crippen LogP contribution in [-0.4, -0.2) is 98.7 Å². The summed E-state index contributed by atoms with van der Waals surface area (Å²) < 4.78 is 11.9. The highest BCUT2D eigenvalue weighted by Gasteiger charge is 2.54. The highest BCUT2D eigenvalue weighted by molar-refractivity contribution is 6.26. The number of aromatic hydroxyl groups is 2. The number of esters is 1. The van der Waals surface area contributed by atoms with Gasteiger partial charge in [-0.15, -0.1) is 0 Å². The number of ketones is 1. The van der Waals surface area contributed by atoms with Crippen molar-refractivity contribution in [2.24, 2.45) is 5.92 Å². The quantitative estimate of drug-likeness (QED) is 0.0560. The number of carboxylic acid groups (broad SMARTS) is 2. The van der Waals surface area contributed by atoms with Gasteiger partial charge >= 0.3 is 17.9 Å². The Hall–Kier alpha value is -7.31. The number of nitrogens with one attached hydrogen (secondary N) is 4. The molecular weight excluding hydrogens is 752 g/mol. The number of benzene rings is 3. The van der Waals surface area contributed by atoms with Gasteiger partial charge in [-0.2, -0.15) is 0 Å². The highest BCUT2D eigenvalue weighted by Crippen LogP contribution is 2.57. The van der Waals surface area contributed by atoms with Crippen LogP contribution in [-0.2, 0) is 43.9 Å². The van der Waals surface area contributed by atoms with Crippen LogP contribution >= 0.6 is 0 Å². The van der Waals surface area contributed by atoms with E-state index >= 15 is 0 Å². The molecule has 3 aromatic carbocycles. The Kier molecular flexibility index (Phi) is 11.9. The molecule has 2 heterocycles. The van der Waals surface area contributed by atoms with Gasteiger partial charge in [0, 0.05) is 40.8 Å². The summed E-state index contributed by atoms with van der Waals surface area (Å²) in [6.07, 6.45) is -2.19. The molecule has 0 bridgehead atoms. The largest absolute Gasteiger partial charge is 0.508 e. The first kappa shape index (κ1) is 40.9. The van der Waals surface area contributed by atoms with E-state index in [4.69, 9.17) is 9.47 Å². The van der Waals surface area contributed by atoms with Gasteiger partial charge in [-0.3, -0.25) is 38.4 Å². The molecule has 57 heavy (non-hydrogen) atoms. The van der Waals surface area contributed by atoms with Crippen molar-refractivity contribution >= 4 is 53.6 Å². The summed E-state index contributed by atoms with van der Waals surface area (Å²) in [5, 5.41) is 48.3. The van der Waals surface area contributed by atoms with Crippen molar-refractivity contribution in [3.8, 4) is 23.0 Å². The fourth-order valence-electron chi connectivity index (χ4n) is 6.40. The molecular formula is C38H36N4O15. The molecule has 4 amide bonds. The fraction of sp³-hybridized carbons (Fsp3) is 0.289. The van der Waals surface area contributed by atoms with E-state index in [0.717, 1.165) is 6.07 Å². The minimum atomic E-state index is -1.85. The van der Waals surface area contributed by atoms with Crippen LogP contribution in [0.1, 0.15) is 70.5 Å². The number of amides is 4. The third-order valence-electron chi connectivity index (χ3n) is 9.13. The molecule has 0 saturated carbocycles. The van der Waals surface area contributed by atoms with Gasteiger partial charge in [0.2, 0.25) is 23.5 Å². The van der Waals surface area contributed by atoms with E-state index in [-0.39, 0.29) is 46.0 Å². The number of rotatable bonds is 16. The highest BCUT2D eigenvalue weighted by atomic mass is 16.6. The minimum absolute atomic E-state index is 0.00659. The molecule has 3 aromatic rings. The molecule has 1 spiro atoms. The van der Waals surface area contributed by atoms with Crippen molar-refractivity contribution in [3.63, 3.8) is 0 Å². The van der Waals surface area contributed by atoms with Crippen LogP contribution in [0.3, 0.4) is 0 Å². The number of phenols is 2. The van der Waals surface area contributed by atoms with Gasteiger partial charge in [0.05, 0.1) is 18.5 Å². The number of phenolic OH excluding ortho intramolecular Hbond substituents is 2. The van der Waals surface area contributed by atoms with Gasteiger partial charge in [-0.1, -0.05) is 19.9 Å². The average molecular weight is 789 g/mol. The Bertz CT molecular complexity index is 2150. The van der Waals surface area contributed by atoms with Crippen molar-refractivity contribution in [2.45, 2.75) is 56.8 Å². The average Bonchev–Trinajstić information content (AvgIpc) is 3.44. The first-order valence-electron chi connectivity index (χ1n) is 17.3. The smallest absolute Gasteiger partial charge is 0.340 e. The maximum Gasteiger partial charge on any atom is 0.340 e. The van der Waals surface area contributed by atoms with Gasteiger partial charge in [0.15, 0.2) is 11.9 Å². The van der Waals surface area contributed by atoms with Crippen LogP contribution in [0.5, 0.6) is 23.0 Å². The molecule has 0 unspecified atom stereocenters. The first-order chi connectivity index (χ1) is 26.9. The van der Waals surface area contributed by atoms with Gasteiger partial charge < -0.3 is 51.2 Å². The summed E-state index contributed by atoms with van der Waals surface area (Å²) in [5.74, 6) is -9.57. The van der Waals surface area contributed by atoms with E-state index in [1.165, 1.54) is 62.4 Å². The zero-order valence-corrected chi connectivity index (χ0v) is 30.2. The lowest BCUT2D eigenvalue weighted by molar-refractivity contribution is -0.140. The number of carboxylic acids is 2. The van der Waals surface area contributed by atoms with Crippen molar-refractivity contribution in [1.82, 2.24) is 21.3 Å². The number of aldehydes is 1. The van der Waals surface area contributed by atoms with Gasteiger partial charge in [0.25, 0.3) is 5.91 Å². The van der Waals surface area contributed by atoms with Crippen molar-refractivity contribution in [2.75, 3.05) is 6.54 Å². The van der Waals surface area contributed by atoms with Crippen LogP contribution in [0.4, 0.5) is 0 Å². The molecule has 5 rings (SSSR count). The Morgan fingerprint density at radius 3 is 1.91 bits per heavy atom. The van der Waals surface area contributed by atoms with Crippen LogP contribution in [0, 0.1) is 5.92 Å². The zero-order valence-electron chi connectivity index (χ0n) is 30.2. The SMILES string of the molecule is CC(C)[C@H](NC(=O)[C@H](CCC(=O)O)NC(=O)[C@H](CC(=O)O)NC(=O)c1ccc2c(c1)C(=O)OC21c2ccc(O)cc2Oc2cc(O)ccc21)C(=O)NCC(=O)C=O. The van der Waals surface area contributed by atoms with E-state index in [1.807, 2.05) is 0 Å². The number of aliphatic carboxylic acids is 2. The molecule has 19 nitrogen and oxygen atoms in total. The third kappa shape index (κ3) is 8.66. The molecule has 8 N–H and O–H groups in total. The lowest BCUT2D eigenvalue weighted by Gasteiger charge is -2.36. The van der Waals surface area contributed by atoms with E-state index in [9.17, 15) is 63.6 Å². The number of hydrogen-bond donors (Lipinski definition) is 8. The number of fused-ring (bicyclic) bond motifs is 6. The predicted molar refractivity (Wildman–Crippen MR) is 191 cm³/mol. The molecule has 0 aliphatic carbocycles. The second-order valence-electron chi connectivity index (χ2n) is 13.4. The summed E-state index contributed by atoms with van der Waals surface area (Å²) in [6.45, 7) is 2.41. The van der Waals surface area contributed by atoms with Crippen molar-refractivity contribution in [3.05, 3.63) is 82.4 Å². The summed E-state index contributed by atoms with van der Waals surface area (Å²) in [5.41, 5.74) is -1.07. The fourth-order valence-corrected chi connectivity index (χ4v) is 6.40. The van der Waals surface area contributed by atoms with Crippen molar-refractivity contribution < 1.29 is 73.1 Å². The van der Waals surface area contributed by atoms with E-state index in [0.29, 0.717) is 11.1 Å². The minimum Gasteiger partial charge on any atom is -0.508 e. The Morgan fingerprint density at radius 1 is 0.754 bits per heavy atom. The molecule has 2 aliphatic rings. The molecule has 0 fully saturated rings. The first-order valence-corrected chi connectivity index (χ1v) is 17.3. The normalized spacial score (nSPS) is 14.6. The van der Waals surface area contributed by atoms with Gasteiger partial charge in [0.1, 0.15) is 41.1 Å². The molecule has 0 aromatic heterocycles. The second kappa shape index (κ2) is 16.6. The number of hydrogen-bond acceptors (Lipinski definition) is 13. The summed E-state index contributed by atoms with van der Waals surface area (Å²) >= 11 is 0. The van der Waals surface area contributed by atoms with Crippen LogP contribution < -0.4 is 26.0 Å². The monoisotopic (exact) mass is 788 g/mol. The zero-order chi connectivity index (χ0) is 41.8. The van der Waals surface area contributed by atoms with E-state index in [2.05, 4.69) is 21.3 Å². The molecule has 0 radical (unpaired) electrons. The number of Topliss-reactive ketones (excluding diaryl/α,β-unsaturated/α-hetero) is 1. The number of ether oxygens (including phenoxy) is 2. The molecule has 2 aliphatic heterocycles. The van der Waals surface area contributed by atoms with Gasteiger partial charge in [-0.05, 0) is 48.7 Å². The molecule has 3 atom stereocenters. The number of carbonyl (C=O) groups excluding carboxylic acids is 7. The summed E-state index contributed by atoms with van der Waals surface area (Å²) in [4.78, 5) is 112. The number of carbonyl (C=O) groups is 9. The molecule has 0 saturated heterocycles. The topological polar surface area (TPSA) is 301 Å². The Balaban J connectivity index is 1.40. The standard InChI is InChI=1S/C38H36N4O15/c1-17(2)32(36(54)39-15-21(46)16-43)42-34(52)26(9-10-30(47)48)40-35(53)27(14-31(49)50)41-33(51)18-3-6-23-22(11-18)37(55)57-38(23)24-7-4-19(44)12-28(24)56-29-13-20(45)5-8-25(29)38/h3-8,11-13,16-17,26-27,32,44-45H,9-10,14-15H2,1-2H3,(H,39,54)(H,40,53)(H,41,51)(H,42,52)(H,47,48)(H,49,50)/t26-,27-,32-/m0/s1. The predicted octanol–water partition coefficient (Wildman–Crippen LogP) is 0.614. The third-order valence-corrected chi connectivity index (χ3v) is 9.13. The van der Waals surface area contributed by atoms with Gasteiger partial charge in [-0.25, -0.2) is 4.79 Å². The maximum atomic E-state index is 13.6. The molecule has 19 heteroatoms. The van der Waals surface area contributed by atoms with Crippen LogP contribution in [0.2, 0.25) is 0 Å². The summed E-state index contributed by atoms with van der Waals surface area (Å²) in [7, 11) is 0. The van der Waals surface area contributed by atoms with Crippen molar-refractivity contribution in [1.29, 1.82) is 0 Å². The Morgan fingerprint density at radius 2 is 1.35 bits per heavy atom. The lowest BCUT2D eigenvalue weighted by Crippen LogP contribution is -2.58.